The Kier molecular flexibility index (Phi) is 5.27. The maximum atomic E-state index is 6.03. The van der Waals surface area contributed by atoms with E-state index in [2.05, 4.69) is 85.8 Å². The molecular formula is C26H23Cl. The first kappa shape index (κ1) is 17.8. The van der Waals surface area contributed by atoms with Crippen molar-refractivity contribution < 1.29 is 0 Å². The van der Waals surface area contributed by atoms with Gasteiger partial charge in [0.15, 0.2) is 0 Å². The van der Waals surface area contributed by atoms with Gasteiger partial charge in [-0.3, -0.25) is 0 Å². The normalized spacial score (nSPS) is 12.2. The summed E-state index contributed by atoms with van der Waals surface area (Å²) in [6.07, 6.45) is 1.98. The van der Waals surface area contributed by atoms with Crippen molar-refractivity contribution in [1.29, 1.82) is 0 Å². The zero-order valence-corrected chi connectivity index (χ0v) is 16.3. The number of fused-ring (bicyclic) bond motifs is 1. The van der Waals surface area contributed by atoms with Gasteiger partial charge >= 0.3 is 0 Å². The highest BCUT2D eigenvalue weighted by atomic mass is 35.5. The van der Waals surface area contributed by atoms with E-state index in [4.69, 9.17) is 11.6 Å². The molecule has 0 fully saturated rings. The van der Waals surface area contributed by atoms with Crippen molar-refractivity contribution in [2.75, 3.05) is 0 Å². The molecule has 1 heteroatoms. The Labute approximate surface area is 166 Å². The average molecular weight is 371 g/mol. The van der Waals surface area contributed by atoms with Crippen LogP contribution < -0.4 is 0 Å². The fraction of sp³-hybridized carbons (Fsp3) is 0.154. The van der Waals surface area contributed by atoms with E-state index >= 15 is 0 Å². The fourth-order valence-electron chi connectivity index (χ4n) is 3.91. The molecule has 0 aliphatic rings. The molecule has 0 bridgehead atoms. The summed E-state index contributed by atoms with van der Waals surface area (Å²) in [5.74, 6) is 0.456. The third-order valence-corrected chi connectivity index (χ3v) is 5.55. The first-order valence-corrected chi connectivity index (χ1v) is 9.87. The van der Waals surface area contributed by atoms with Crippen LogP contribution in [0.5, 0.6) is 0 Å². The fourth-order valence-corrected chi connectivity index (χ4v) is 4.04. The van der Waals surface area contributed by atoms with E-state index in [0.717, 1.165) is 17.9 Å². The van der Waals surface area contributed by atoms with Gasteiger partial charge in [0, 0.05) is 5.02 Å². The van der Waals surface area contributed by atoms with E-state index in [9.17, 15) is 0 Å². The van der Waals surface area contributed by atoms with Gasteiger partial charge in [-0.25, -0.2) is 0 Å². The molecule has 0 aliphatic carbocycles. The van der Waals surface area contributed by atoms with Crippen LogP contribution in [0.1, 0.15) is 35.1 Å². The second kappa shape index (κ2) is 7.98. The molecule has 4 aromatic carbocycles. The molecular weight excluding hydrogens is 348 g/mol. The molecule has 0 N–H and O–H groups in total. The van der Waals surface area contributed by atoms with E-state index < -0.39 is 0 Å². The van der Waals surface area contributed by atoms with Gasteiger partial charge in [0.1, 0.15) is 0 Å². The highest BCUT2D eigenvalue weighted by molar-refractivity contribution is 6.30. The smallest absolute Gasteiger partial charge is 0.0406 e. The van der Waals surface area contributed by atoms with E-state index in [0.29, 0.717) is 5.92 Å². The summed E-state index contributed by atoms with van der Waals surface area (Å²) in [7, 11) is 0. The second-order valence-corrected chi connectivity index (χ2v) is 7.68. The van der Waals surface area contributed by atoms with Crippen molar-refractivity contribution >= 4 is 22.4 Å². The number of benzene rings is 4. The van der Waals surface area contributed by atoms with Gasteiger partial charge in [-0.05, 0) is 63.9 Å². The Hall–Kier alpha value is -2.57. The summed E-state index contributed by atoms with van der Waals surface area (Å²) in [5, 5.41) is 3.45. The molecule has 4 rings (SSSR count). The van der Waals surface area contributed by atoms with Crippen molar-refractivity contribution in [1.82, 2.24) is 0 Å². The van der Waals surface area contributed by atoms with Crippen molar-refractivity contribution in [2.24, 2.45) is 0 Å². The molecule has 1 unspecified atom stereocenters. The first-order valence-electron chi connectivity index (χ1n) is 9.49. The second-order valence-electron chi connectivity index (χ2n) is 7.25. The van der Waals surface area contributed by atoms with Gasteiger partial charge in [0.25, 0.3) is 0 Å². The summed E-state index contributed by atoms with van der Waals surface area (Å²) in [6, 6.07) is 32.3. The summed E-state index contributed by atoms with van der Waals surface area (Å²) in [4.78, 5) is 0. The maximum absolute atomic E-state index is 6.03. The van der Waals surface area contributed by atoms with Gasteiger partial charge < -0.3 is 0 Å². The highest BCUT2D eigenvalue weighted by Crippen LogP contribution is 2.28. The van der Waals surface area contributed by atoms with Crippen LogP contribution in [-0.4, -0.2) is 0 Å². The van der Waals surface area contributed by atoms with E-state index in [1.54, 1.807) is 0 Å². The van der Waals surface area contributed by atoms with E-state index in [1.165, 1.54) is 33.0 Å². The molecule has 134 valence electrons. The lowest BCUT2D eigenvalue weighted by atomic mass is 9.87. The van der Waals surface area contributed by atoms with Crippen LogP contribution in [0.3, 0.4) is 0 Å². The molecule has 4 aromatic rings. The first-order chi connectivity index (χ1) is 13.2. The van der Waals surface area contributed by atoms with E-state index in [1.807, 2.05) is 12.1 Å². The number of rotatable bonds is 5. The van der Waals surface area contributed by atoms with Crippen LogP contribution in [0.15, 0.2) is 91.0 Å². The molecule has 0 aliphatic heterocycles. The Bertz CT molecular complexity index is 1040. The summed E-state index contributed by atoms with van der Waals surface area (Å²) in [5.41, 5.74) is 5.56. The van der Waals surface area contributed by atoms with Gasteiger partial charge in [-0.2, -0.15) is 0 Å². The Morgan fingerprint density at radius 2 is 1.37 bits per heavy atom. The Morgan fingerprint density at radius 1 is 0.704 bits per heavy atom. The third kappa shape index (κ3) is 4.07. The Balaban J connectivity index is 1.63. The predicted molar refractivity (Wildman–Crippen MR) is 117 cm³/mol. The van der Waals surface area contributed by atoms with Gasteiger partial charge in [-0.15, -0.1) is 0 Å². The van der Waals surface area contributed by atoms with Gasteiger partial charge in [0.05, 0.1) is 0 Å². The van der Waals surface area contributed by atoms with Crippen LogP contribution in [-0.2, 0) is 12.8 Å². The van der Waals surface area contributed by atoms with Crippen LogP contribution in [0.2, 0.25) is 5.02 Å². The molecule has 0 radical (unpaired) electrons. The molecule has 0 nitrogen and oxygen atoms in total. The summed E-state index contributed by atoms with van der Waals surface area (Å²) < 4.78 is 0. The monoisotopic (exact) mass is 370 g/mol. The molecule has 27 heavy (non-hydrogen) atoms. The van der Waals surface area contributed by atoms with Crippen molar-refractivity contribution in [3.63, 3.8) is 0 Å². The number of hydrogen-bond donors (Lipinski definition) is 0. The minimum atomic E-state index is 0.456. The molecule has 0 heterocycles. The quantitative estimate of drug-likeness (QED) is 0.342. The molecule has 0 saturated heterocycles. The van der Waals surface area contributed by atoms with Crippen LogP contribution in [0, 0.1) is 0 Å². The average Bonchev–Trinajstić information content (AvgIpc) is 2.70. The number of hydrogen-bond acceptors (Lipinski definition) is 0. The topological polar surface area (TPSA) is 0 Å². The van der Waals surface area contributed by atoms with Crippen LogP contribution in [0.4, 0.5) is 0 Å². The largest absolute Gasteiger partial charge is 0.0843 e. The highest BCUT2D eigenvalue weighted by Gasteiger charge is 2.12. The zero-order valence-electron chi connectivity index (χ0n) is 15.5. The van der Waals surface area contributed by atoms with Crippen LogP contribution >= 0.6 is 11.6 Å². The van der Waals surface area contributed by atoms with E-state index in [-0.39, 0.29) is 0 Å². The number of halogens is 1. The van der Waals surface area contributed by atoms with Crippen molar-refractivity contribution in [3.05, 3.63) is 118 Å². The lowest BCUT2D eigenvalue weighted by Crippen LogP contribution is -2.03. The SMILES string of the molecule is CC(Cc1ccc(Cl)cc1)c1ccccc1Cc1cccc2ccccc12. The van der Waals surface area contributed by atoms with Crippen LogP contribution in [0.25, 0.3) is 10.8 Å². The lowest BCUT2D eigenvalue weighted by molar-refractivity contribution is 0.749. The van der Waals surface area contributed by atoms with Gasteiger partial charge in [0.2, 0.25) is 0 Å². The predicted octanol–water partition coefficient (Wildman–Crippen LogP) is 7.43. The molecule has 0 amide bonds. The molecule has 0 spiro atoms. The lowest BCUT2D eigenvalue weighted by Gasteiger charge is -2.17. The molecule has 0 saturated carbocycles. The van der Waals surface area contributed by atoms with Crippen molar-refractivity contribution in [2.45, 2.75) is 25.7 Å². The summed E-state index contributed by atoms with van der Waals surface area (Å²) in [6.45, 7) is 2.32. The van der Waals surface area contributed by atoms with Gasteiger partial charge in [-0.1, -0.05) is 97.4 Å². The minimum absolute atomic E-state index is 0.456. The minimum Gasteiger partial charge on any atom is -0.0843 e. The zero-order chi connectivity index (χ0) is 18.6. The summed E-state index contributed by atoms with van der Waals surface area (Å²) >= 11 is 6.03. The molecule has 1 atom stereocenters. The van der Waals surface area contributed by atoms with Crippen molar-refractivity contribution in [3.8, 4) is 0 Å². The standard InChI is InChI=1S/C26H23Cl/c1-19(17-20-13-15-24(27)16-14-20)25-11-4-3-8-22(25)18-23-10-6-9-21-7-2-5-12-26(21)23/h2-16,19H,17-18H2,1H3. The maximum Gasteiger partial charge on any atom is 0.0406 e. The third-order valence-electron chi connectivity index (χ3n) is 5.30. The molecule has 0 aromatic heterocycles. The Morgan fingerprint density at radius 3 is 2.22 bits per heavy atom.